The predicted molar refractivity (Wildman–Crippen MR) is 153 cm³/mol. The number of pyridine rings is 1. The summed E-state index contributed by atoms with van der Waals surface area (Å²) in [4.78, 5) is 23.2. The van der Waals surface area contributed by atoms with E-state index in [2.05, 4.69) is 16.0 Å². The molecule has 0 amide bonds. The Morgan fingerprint density at radius 1 is 1.07 bits per heavy atom. The molecule has 3 aliphatic heterocycles. The van der Waals surface area contributed by atoms with Crippen LogP contribution in [0.3, 0.4) is 0 Å². The molecule has 5 heterocycles. The van der Waals surface area contributed by atoms with Crippen LogP contribution in [0.2, 0.25) is 5.02 Å². The Morgan fingerprint density at radius 2 is 1.90 bits per heavy atom. The molecule has 0 saturated carbocycles. The molecule has 2 saturated heterocycles. The zero-order chi connectivity index (χ0) is 28.8. The zero-order valence-corrected chi connectivity index (χ0v) is 23.6. The highest BCUT2D eigenvalue weighted by Crippen LogP contribution is 2.44. The number of likely N-dealkylation sites (tertiary alicyclic amines) is 1. The van der Waals surface area contributed by atoms with Gasteiger partial charge in [-0.3, -0.25) is 4.90 Å². The summed E-state index contributed by atoms with van der Waals surface area (Å²) >= 11 is 5.92. The summed E-state index contributed by atoms with van der Waals surface area (Å²) in [5, 5.41) is 9.80. The average Bonchev–Trinajstić information content (AvgIpc) is 3.30. The van der Waals surface area contributed by atoms with Crippen molar-refractivity contribution in [1.82, 2.24) is 19.4 Å². The highest BCUT2D eigenvalue weighted by Gasteiger charge is 2.31. The number of rotatable bonds is 7. The number of fused-ring (bicyclic) bond motifs is 2. The highest BCUT2D eigenvalue weighted by atomic mass is 35.5. The average molecular weight is 593 g/mol. The number of nitrogens with zero attached hydrogens (tertiary/aromatic N) is 4. The van der Waals surface area contributed by atoms with Crippen LogP contribution in [-0.2, 0) is 17.8 Å². The maximum absolute atomic E-state index is 14.5. The van der Waals surface area contributed by atoms with Crippen LogP contribution in [0.15, 0.2) is 48.5 Å². The van der Waals surface area contributed by atoms with Gasteiger partial charge >= 0.3 is 5.97 Å². The fourth-order valence-electron chi connectivity index (χ4n) is 6.08. The number of carboxylic acid groups (broad SMARTS) is 1. The van der Waals surface area contributed by atoms with Gasteiger partial charge in [-0.05, 0) is 68.6 Å². The first-order valence-corrected chi connectivity index (χ1v) is 14.6. The number of piperidine rings is 1. The maximum atomic E-state index is 14.5. The third kappa shape index (κ3) is 5.19. The van der Waals surface area contributed by atoms with Crippen molar-refractivity contribution in [2.45, 2.75) is 50.5 Å². The Balaban J connectivity index is 1.05. The van der Waals surface area contributed by atoms with Crippen LogP contribution in [0.4, 0.5) is 4.39 Å². The number of aromatic carboxylic acids is 1. The van der Waals surface area contributed by atoms with E-state index in [0.29, 0.717) is 46.5 Å². The van der Waals surface area contributed by atoms with Crippen LogP contribution < -0.4 is 9.47 Å². The third-order valence-corrected chi connectivity index (χ3v) is 8.66. The molecule has 0 radical (unpaired) electrons. The summed E-state index contributed by atoms with van der Waals surface area (Å²) in [7, 11) is 0. The number of carbonyl (C=O) groups is 1. The summed E-state index contributed by atoms with van der Waals surface area (Å²) in [6, 6.07) is 13.7. The van der Waals surface area contributed by atoms with E-state index in [0.717, 1.165) is 56.1 Å². The molecule has 1 unspecified atom stereocenters. The molecular formula is C31H30ClFN4O5. The summed E-state index contributed by atoms with van der Waals surface area (Å²) in [5.41, 5.74) is 2.82. The van der Waals surface area contributed by atoms with Gasteiger partial charge in [0.25, 0.3) is 0 Å². The minimum absolute atomic E-state index is 0.00700. The van der Waals surface area contributed by atoms with Gasteiger partial charge in [-0.1, -0.05) is 29.8 Å². The largest absolute Gasteiger partial charge is 0.485 e. The number of para-hydroxylation sites is 1. The van der Waals surface area contributed by atoms with E-state index in [4.69, 9.17) is 30.8 Å². The van der Waals surface area contributed by atoms with Gasteiger partial charge in [0.2, 0.25) is 0 Å². The molecule has 3 aliphatic rings. The highest BCUT2D eigenvalue weighted by molar-refractivity contribution is 6.30. The molecule has 2 fully saturated rings. The monoisotopic (exact) mass is 592 g/mol. The standard InChI is InChI=1S/C31H30ClFN4O5/c32-19-4-5-22(23(33)14-19)27-17-41-29-21(2-1-3-26(29)42-27)18-8-11-36(12-9-18)16-28-34-24-6-7-25(31(38)39)35-30(24)37(28)15-20-10-13-40-20/h1-7,14,18,20,27H,8-13,15-17H2,(H,38,39)/t20-,27?/m0/s1. The van der Waals surface area contributed by atoms with Crippen molar-refractivity contribution in [2.24, 2.45) is 0 Å². The van der Waals surface area contributed by atoms with Gasteiger partial charge in [0.15, 0.2) is 28.9 Å². The van der Waals surface area contributed by atoms with E-state index < -0.39 is 17.9 Å². The Kier molecular flexibility index (Phi) is 7.21. The quantitative estimate of drug-likeness (QED) is 0.296. The van der Waals surface area contributed by atoms with Crippen LogP contribution in [0.1, 0.15) is 58.7 Å². The number of hydrogen-bond donors (Lipinski definition) is 1. The molecule has 9 nitrogen and oxygen atoms in total. The van der Waals surface area contributed by atoms with E-state index in [1.54, 1.807) is 18.2 Å². The second kappa shape index (κ2) is 11.2. The Morgan fingerprint density at radius 3 is 2.64 bits per heavy atom. The number of imidazole rings is 1. The van der Waals surface area contributed by atoms with Crippen LogP contribution in [-0.4, -0.2) is 62.9 Å². The molecular weight excluding hydrogens is 563 g/mol. The first-order chi connectivity index (χ1) is 20.4. The van der Waals surface area contributed by atoms with Crippen LogP contribution >= 0.6 is 11.6 Å². The smallest absolute Gasteiger partial charge is 0.354 e. The number of hydrogen-bond acceptors (Lipinski definition) is 7. The van der Waals surface area contributed by atoms with Crippen molar-refractivity contribution in [3.63, 3.8) is 0 Å². The molecule has 42 heavy (non-hydrogen) atoms. The molecule has 0 aliphatic carbocycles. The molecule has 218 valence electrons. The fraction of sp³-hybridized carbons (Fsp3) is 0.387. The topological polar surface area (TPSA) is 98.9 Å². The molecule has 11 heteroatoms. The first-order valence-electron chi connectivity index (χ1n) is 14.2. The molecule has 2 aromatic heterocycles. The van der Waals surface area contributed by atoms with E-state index in [9.17, 15) is 14.3 Å². The minimum atomic E-state index is -1.06. The van der Waals surface area contributed by atoms with Gasteiger partial charge in [0, 0.05) is 22.8 Å². The lowest BCUT2D eigenvalue weighted by molar-refractivity contribution is -0.0593. The lowest BCUT2D eigenvalue weighted by Gasteiger charge is -2.35. The minimum Gasteiger partial charge on any atom is -0.485 e. The molecule has 2 atom stereocenters. The van der Waals surface area contributed by atoms with E-state index >= 15 is 0 Å². The predicted octanol–water partition coefficient (Wildman–Crippen LogP) is 5.60. The summed E-state index contributed by atoms with van der Waals surface area (Å²) in [6.07, 6.45) is 2.37. The first kappa shape index (κ1) is 27.1. The molecule has 4 aromatic rings. The van der Waals surface area contributed by atoms with Gasteiger partial charge in [0.05, 0.1) is 19.2 Å². The normalized spacial score (nSPS) is 20.9. The Bertz CT molecular complexity index is 1650. The maximum Gasteiger partial charge on any atom is 0.354 e. The van der Waals surface area contributed by atoms with E-state index in [-0.39, 0.29) is 18.4 Å². The zero-order valence-electron chi connectivity index (χ0n) is 22.8. The Labute approximate surface area is 246 Å². The molecule has 7 rings (SSSR count). The van der Waals surface area contributed by atoms with Crippen molar-refractivity contribution < 1.29 is 28.5 Å². The lowest BCUT2D eigenvalue weighted by Crippen LogP contribution is -2.35. The van der Waals surface area contributed by atoms with E-state index in [1.807, 2.05) is 16.7 Å². The Hall–Kier alpha value is -3.73. The van der Waals surface area contributed by atoms with Crippen LogP contribution in [0.5, 0.6) is 11.5 Å². The number of ether oxygens (including phenoxy) is 3. The summed E-state index contributed by atoms with van der Waals surface area (Å²) < 4.78 is 34.6. The van der Waals surface area contributed by atoms with E-state index in [1.165, 1.54) is 12.1 Å². The number of benzene rings is 2. The van der Waals surface area contributed by atoms with Crippen LogP contribution in [0, 0.1) is 5.82 Å². The number of carboxylic acids is 1. The number of aromatic nitrogens is 3. The van der Waals surface area contributed by atoms with Crippen molar-refractivity contribution in [3.05, 3.63) is 82.0 Å². The van der Waals surface area contributed by atoms with Gasteiger partial charge in [0.1, 0.15) is 23.8 Å². The fourth-order valence-corrected chi connectivity index (χ4v) is 6.24. The summed E-state index contributed by atoms with van der Waals surface area (Å²) in [6.45, 7) is 3.94. The molecule has 0 spiro atoms. The van der Waals surface area contributed by atoms with Crippen LogP contribution in [0.25, 0.3) is 11.2 Å². The second-order valence-corrected chi connectivity index (χ2v) is 11.5. The third-order valence-electron chi connectivity index (χ3n) is 8.43. The van der Waals surface area contributed by atoms with Gasteiger partial charge in [-0.15, -0.1) is 0 Å². The van der Waals surface area contributed by atoms with Crippen molar-refractivity contribution in [2.75, 3.05) is 26.3 Å². The number of halogens is 2. The van der Waals surface area contributed by atoms with Gasteiger partial charge in [-0.25, -0.2) is 19.2 Å². The molecule has 0 bridgehead atoms. The molecule has 1 N–H and O–H groups in total. The van der Waals surface area contributed by atoms with Crippen molar-refractivity contribution >= 4 is 28.7 Å². The SMILES string of the molecule is O=C(O)c1ccc2nc(CN3CCC(c4cccc5c4OCC(c4ccc(Cl)cc4F)O5)CC3)n(C[C@@H]3CCO3)c2n1. The molecule has 2 aromatic carbocycles. The lowest BCUT2D eigenvalue weighted by atomic mass is 9.88. The summed E-state index contributed by atoms with van der Waals surface area (Å²) in [5.74, 6) is 1.06. The second-order valence-electron chi connectivity index (χ2n) is 11.1. The van der Waals surface area contributed by atoms with Crippen molar-refractivity contribution in [3.8, 4) is 11.5 Å². The van der Waals surface area contributed by atoms with Gasteiger partial charge in [-0.2, -0.15) is 0 Å². The van der Waals surface area contributed by atoms with Gasteiger partial charge < -0.3 is 23.9 Å². The van der Waals surface area contributed by atoms with Crippen molar-refractivity contribution in [1.29, 1.82) is 0 Å².